The van der Waals surface area contributed by atoms with E-state index >= 15 is 0 Å². The van der Waals surface area contributed by atoms with Crippen LogP contribution in [0.2, 0.25) is 0 Å². The van der Waals surface area contributed by atoms with Gasteiger partial charge in [0.25, 0.3) is 0 Å². The van der Waals surface area contributed by atoms with Crippen LogP contribution in [0.4, 0.5) is 0 Å². The quantitative estimate of drug-likeness (QED) is 0.353. The first kappa shape index (κ1) is 22.1. The van der Waals surface area contributed by atoms with E-state index in [0.717, 1.165) is 54.9 Å². The summed E-state index contributed by atoms with van der Waals surface area (Å²) in [6.07, 6.45) is 8.24. The van der Waals surface area contributed by atoms with Gasteiger partial charge in [-0.1, -0.05) is 38.3 Å². The van der Waals surface area contributed by atoms with Gasteiger partial charge in [0, 0.05) is 32.1 Å². The molecule has 0 atom stereocenters. The predicted octanol–water partition coefficient (Wildman–Crippen LogP) is 3.75. The molecule has 0 spiro atoms. The Morgan fingerprint density at radius 1 is 1.13 bits per heavy atom. The fourth-order valence-corrected chi connectivity index (χ4v) is 3.71. The van der Waals surface area contributed by atoms with Crippen LogP contribution in [0.3, 0.4) is 0 Å². The number of aryl methyl sites for hydroxylation is 2. The zero-order valence-electron chi connectivity index (χ0n) is 18.7. The SMILES string of the molecule is CCCCCCOc1cc(C)ccc1CNC(=NC)NCc1nnc2n1CCCC2. The van der Waals surface area contributed by atoms with E-state index < -0.39 is 0 Å². The highest BCUT2D eigenvalue weighted by Gasteiger charge is 2.15. The van der Waals surface area contributed by atoms with Gasteiger partial charge in [0.1, 0.15) is 11.6 Å². The van der Waals surface area contributed by atoms with E-state index in [-0.39, 0.29) is 0 Å². The van der Waals surface area contributed by atoms with E-state index in [1.165, 1.54) is 37.7 Å². The third-order valence-electron chi connectivity index (χ3n) is 5.50. The van der Waals surface area contributed by atoms with E-state index in [2.05, 4.69) is 62.4 Å². The van der Waals surface area contributed by atoms with Crippen LogP contribution >= 0.6 is 0 Å². The minimum atomic E-state index is 0.612. The zero-order chi connectivity index (χ0) is 21.2. The molecule has 1 aliphatic heterocycles. The van der Waals surface area contributed by atoms with Gasteiger partial charge in [0.15, 0.2) is 11.8 Å². The Bertz CT molecular complexity index is 829. The molecule has 164 valence electrons. The molecule has 0 unspecified atom stereocenters. The van der Waals surface area contributed by atoms with E-state index in [1.54, 1.807) is 7.05 Å². The fourth-order valence-electron chi connectivity index (χ4n) is 3.71. The topological polar surface area (TPSA) is 76.4 Å². The molecule has 30 heavy (non-hydrogen) atoms. The summed E-state index contributed by atoms with van der Waals surface area (Å²) in [6, 6.07) is 6.38. The molecule has 2 heterocycles. The number of benzene rings is 1. The van der Waals surface area contributed by atoms with Crippen molar-refractivity contribution in [1.82, 2.24) is 25.4 Å². The van der Waals surface area contributed by atoms with Crippen LogP contribution in [0.25, 0.3) is 0 Å². The summed E-state index contributed by atoms with van der Waals surface area (Å²) in [7, 11) is 1.79. The number of nitrogens with zero attached hydrogens (tertiary/aromatic N) is 4. The molecular formula is C23H36N6O. The Balaban J connectivity index is 1.52. The highest BCUT2D eigenvalue weighted by atomic mass is 16.5. The van der Waals surface area contributed by atoms with Gasteiger partial charge >= 0.3 is 0 Å². The van der Waals surface area contributed by atoms with E-state index in [1.807, 2.05) is 0 Å². The number of hydrogen-bond donors (Lipinski definition) is 2. The van der Waals surface area contributed by atoms with Crippen molar-refractivity contribution < 1.29 is 4.74 Å². The van der Waals surface area contributed by atoms with Crippen LogP contribution in [0, 0.1) is 6.92 Å². The maximum Gasteiger partial charge on any atom is 0.191 e. The number of ether oxygens (including phenoxy) is 1. The average Bonchev–Trinajstić information content (AvgIpc) is 3.18. The van der Waals surface area contributed by atoms with Crippen LogP contribution in [0.15, 0.2) is 23.2 Å². The van der Waals surface area contributed by atoms with Crippen molar-refractivity contribution in [1.29, 1.82) is 0 Å². The summed E-state index contributed by atoms with van der Waals surface area (Å²) in [6.45, 7) is 7.36. The maximum absolute atomic E-state index is 6.09. The summed E-state index contributed by atoms with van der Waals surface area (Å²) in [5.74, 6) is 3.78. The predicted molar refractivity (Wildman–Crippen MR) is 121 cm³/mol. The molecule has 0 bridgehead atoms. The lowest BCUT2D eigenvalue weighted by atomic mass is 10.1. The Hall–Kier alpha value is -2.57. The van der Waals surface area contributed by atoms with Crippen molar-refractivity contribution in [3.63, 3.8) is 0 Å². The molecule has 0 amide bonds. The highest BCUT2D eigenvalue weighted by molar-refractivity contribution is 5.79. The third kappa shape index (κ3) is 6.21. The molecular weight excluding hydrogens is 376 g/mol. The highest BCUT2D eigenvalue weighted by Crippen LogP contribution is 2.21. The van der Waals surface area contributed by atoms with Crippen molar-refractivity contribution in [2.24, 2.45) is 4.99 Å². The smallest absolute Gasteiger partial charge is 0.191 e. The van der Waals surface area contributed by atoms with Crippen LogP contribution in [-0.2, 0) is 26.1 Å². The lowest BCUT2D eigenvalue weighted by molar-refractivity contribution is 0.301. The largest absolute Gasteiger partial charge is 0.493 e. The molecule has 0 fully saturated rings. The first-order valence-electron chi connectivity index (χ1n) is 11.3. The van der Waals surface area contributed by atoms with Gasteiger partial charge in [0.2, 0.25) is 0 Å². The number of guanidine groups is 1. The second-order valence-corrected chi connectivity index (χ2v) is 7.94. The minimum absolute atomic E-state index is 0.612. The molecule has 0 saturated carbocycles. The van der Waals surface area contributed by atoms with E-state index in [0.29, 0.717) is 13.1 Å². The first-order valence-corrected chi connectivity index (χ1v) is 11.3. The molecule has 2 aromatic rings. The Kier molecular flexibility index (Phi) is 8.53. The molecule has 1 aromatic carbocycles. The second-order valence-electron chi connectivity index (χ2n) is 7.94. The van der Waals surface area contributed by atoms with Crippen LogP contribution in [-0.4, -0.2) is 34.4 Å². The van der Waals surface area contributed by atoms with Crippen LogP contribution in [0.5, 0.6) is 5.75 Å². The van der Waals surface area contributed by atoms with Gasteiger partial charge in [-0.15, -0.1) is 10.2 Å². The summed E-state index contributed by atoms with van der Waals surface area (Å²) >= 11 is 0. The van der Waals surface area contributed by atoms with Crippen molar-refractivity contribution in [3.8, 4) is 5.75 Å². The lowest BCUT2D eigenvalue weighted by Gasteiger charge is -2.17. The van der Waals surface area contributed by atoms with Gasteiger partial charge < -0.3 is 19.9 Å². The lowest BCUT2D eigenvalue weighted by Crippen LogP contribution is -2.37. The van der Waals surface area contributed by atoms with E-state index in [9.17, 15) is 0 Å². The molecule has 0 radical (unpaired) electrons. The van der Waals surface area contributed by atoms with Crippen LogP contribution < -0.4 is 15.4 Å². The van der Waals surface area contributed by atoms with Crippen molar-refractivity contribution in [3.05, 3.63) is 41.0 Å². The number of unbranched alkanes of at least 4 members (excludes halogenated alkanes) is 3. The van der Waals surface area contributed by atoms with Crippen molar-refractivity contribution in [2.45, 2.75) is 78.4 Å². The second kappa shape index (κ2) is 11.6. The summed E-state index contributed by atoms with van der Waals surface area (Å²) in [4.78, 5) is 4.35. The van der Waals surface area contributed by atoms with Crippen LogP contribution in [0.1, 0.15) is 68.2 Å². The summed E-state index contributed by atoms with van der Waals surface area (Å²) < 4.78 is 8.32. The average molecular weight is 413 g/mol. The number of hydrogen-bond acceptors (Lipinski definition) is 4. The number of fused-ring (bicyclic) bond motifs is 1. The molecule has 0 aliphatic carbocycles. The molecule has 7 heteroatoms. The Labute approximate surface area is 180 Å². The standard InChI is InChI=1S/C23H36N6O/c1-4-5-6-9-14-30-20-15-18(2)11-12-19(20)16-25-23(24-3)26-17-22-28-27-21-10-7-8-13-29(21)22/h11-12,15H,4-10,13-14,16-17H2,1-3H3,(H2,24,25,26). The first-order chi connectivity index (χ1) is 14.7. The van der Waals surface area contributed by atoms with Gasteiger partial charge in [0.05, 0.1) is 13.2 Å². The van der Waals surface area contributed by atoms with Gasteiger partial charge in [-0.3, -0.25) is 4.99 Å². The van der Waals surface area contributed by atoms with Gasteiger partial charge in [-0.2, -0.15) is 0 Å². The molecule has 0 saturated heterocycles. The molecule has 1 aromatic heterocycles. The summed E-state index contributed by atoms with van der Waals surface area (Å²) in [5, 5.41) is 15.4. The normalized spacial score (nSPS) is 13.8. The van der Waals surface area contributed by atoms with E-state index in [4.69, 9.17) is 4.74 Å². The Morgan fingerprint density at radius 3 is 2.83 bits per heavy atom. The monoisotopic (exact) mass is 412 g/mol. The van der Waals surface area contributed by atoms with Gasteiger partial charge in [-0.25, -0.2) is 0 Å². The molecule has 3 rings (SSSR count). The number of rotatable bonds is 10. The Morgan fingerprint density at radius 2 is 2.00 bits per heavy atom. The number of aliphatic imine (C=N–C) groups is 1. The molecule has 1 aliphatic rings. The third-order valence-corrected chi connectivity index (χ3v) is 5.50. The summed E-state index contributed by atoms with van der Waals surface area (Å²) in [5.41, 5.74) is 2.35. The molecule has 7 nitrogen and oxygen atoms in total. The number of aromatic nitrogens is 3. The van der Waals surface area contributed by atoms with Gasteiger partial charge in [-0.05, 0) is 37.8 Å². The molecule has 2 N–H and O–H groups in total. The fraction of sp³-hybridized carbons (Fsp3) is 0.609. The zero-order valence-corrected chi connectivity index (χ0v) is 18.7. The minimum Gasteiger partial charge on any atom is -0.493 e. The van der Waals surface area contributed by atoms with Crippen molar-refractivity contribution >= 4 is 5.96 Å². The number of nitrogens with one attached hydrogen (secondary N) is 2. The maximum atomic E-state index is 6.09. The van der Waals surface area contributed by atoms with Crippen molar-refractivity contribution in [2.75, 3.05) is 13.7 Å².